The van der Waals surface area contributed by atoms with Gasteiger partial charge in [-0.15, -0.1) is 0 Å². The fourth-order valence-electron chi connectivity index (χ4n) is 2.75. The molecule has 0 saturated heterocycles. The third kappa shape index (κ3) is 4.30. The molecule has 0 spiro atoms. The molecule has 0 amide bonds. The first-order chi connectivity index (χ1) is 11.5. The summed E-state index contributed by atoms with van der Waals surface area (Å²) in [6, 6.07) is 13.4. The van der Waals surface area contributed by atoms with Crippen molar-refractivity contribution in [2.45, 2.75) is 38.7 Å². The minimum atomic E-state index is -1.14. The van der Waals surface area contributed by atoms with Gasteiger partial charge in [-0.05, 0) is 24.5 Å². The average molecular weight is 326 g/mol. The van der Waals surface area contributed by atoms with Crippen LogP contribution in [-0.4, -0.2) is 28.1 Å². The highest BCUT2D eigenvalue weighted by molar-refractivity contribution is 6.15. The standard InChI is InChI=1S/C20H22O4/c1-2-3-11-16(21)13-15-10-7-12-17(20(23)24)18(15)19(22)14-8-5-4-6-9-14/h4-10,12,16,21H,2-3,11,13H2,1H3,(H,23,24). The maximum Gasteiger partial charge on any atom is 0.336 e. The summed E-state index contributed by atoms with van der Waals surface area (Å²) in [5, 5.41) is 19.6. The van der Waals surface area contributed by atoms with E-state index < -0.39 is 12.1 Å². The number of carbonyl (C=O) groups is 2. The van der Waals surface area contributed by atoms with Crippen molar-refractivity contribution in [1.82, 2.24) is 0 Å². The number of carboxylic acid groups (broad SMARTS) is 1. The molecule has 4 nitrogen and oxygen atoms in total. The van der Waals surface area contributed by atoms with Crippen LogP contribution in [0.2, 0.25) is 0 Å². The highest BCUT2D eigenvalue weighted by Crippen LogP contribution is 2.22. The largest absolute Gasteiger partial charge is 0.478 e. The Kier molecular flexibility index (Phi) is 6.27. The summed E-state index contributed by atoms with van der Waals surface area (Å²) < 4.78 is 0. The van der Waals surface area contributed by atoms with Gasteiger partial charge in [0.05, 0.1) is 11.7 Å². The van der Waals surface area contributed by atoms with Crippen LogP contribution in [0.4, 0.5) is 0 Å². The van der Waals surface area contributed by atoms with Gasteiger partial charge in [-0.25, -0.2) is 4.79 Å². The summed E-state index contributed by atoms with van der Waals surface area (Å²) in [5.41, 5.74) is 1.17. The van der Waals surface area contributed by atoms with E-state index in [0.29, 0.717) is 17.5 Å². The second-order valence-electron chi connectivity index (χ2n) is 5.84. The molecule has 2 aromatic rings. The van der Waals surface area contributed by atoms with Crippen LogP contribution in [0.15, 0.2) is 48.5 Å². The van der Waals surface area contributed by atoms with Crippen molar-refractivity contribution in [3.8, 4) is 0 Å². The second-order valence-corrected chi connectivity index (χ2v) is 5.84. The van der Waals surface area contributed by atoms with Gasteiger partial charge >= 0.3 is 5.97 Å². The van der Waals surface area contributed by atoms with E-state index in [9.17, 15) is 19.8 Å². The number of hydrogen-bond donors (Lipinski definition) is 2. The van der Waals surface area contributed by atoms with Crippen LogP contribution in [0, 0.1) is 0 Å². The maximum absolute atomic E-state index is 12.8. The summed E-state index contributed by atoms with van der Waals surface area (Å²) >= 11 is 0. The van der Waals surface area contributed by atoms with Gasteiger partial charge < -0.3 is 10.2 Å². The lowest BCUT2D eigenvalue weighted by Crippen LogP contribution is -2.17. The number of carboxylic acids is 1. The highest BCUT2D eigenvalue weighted by atomic mass is 16.4. The van der Waals surface area contributed by atoms with E-state index in [-0.39, 0.29) is 23.3 Å². The van der Waals surface area contributed by atoms with E-state index >= 15 is 0 Å². The normalized spacial score (nSPS) is 11.9. The van der Waals surface area contributed by atoms with Crippen LogP contribution in [0.3, 0.4) is 0 Å². The fourth-order valence-corrected chi connectivity index (χ4v) is 2.75. The Bertz CT molecular complexity index is 707. The smallest absolute Gasteiger partial charge is 0.336 e. The molecule has 0 saturated carbocycles. The molecule has 0 bridgehead atoms. The van der Waals surface area contributed by atoms with Crippen LogP contribution in [0.1, 0.15) is 58.0 Å². The molecule has 2 N–H and O–H groups in total. The van der Waals surface area contributed by atoms with Gasteiger partial charge in [0.15, 0.2) is 5.78 Å². The third-order valence-corrected chi connectivity index (χ3v) is 3.99. The first-order valence-corrected chi connectivity index (χ1v) is 8.17. The van der Waals surface area contributed by atoms with E-state index in [1.54, 1.807) is 42.5 Å². The molecular formula is C20H22O4. The Labute approximate surface area is 141 Å². The molecule has 4 heteroatoms. The first-order valence-electron chi connectivity index (χ1n) is 8.17. The minimum absolute atomic E-state index is 0.0240. The number of hydrogen-bond acceptors (Lipinski definition) is 3. The van der Waals surface area contributed by atoms with Crippen LogP contribution >= 0.6 is 0 Å². The first kappa shape index (κ1) is 17.9. The van der Waals surface area contributed by atoms with E-state index in [1.807, 2.05) is 6.92 Å². The molecule has 0 radical (unpaired) electrons. The van der Waals surface area contributed by atoms with Gasteiger partial charge in [0, 0.05) is 11.1 Å². The Hall–Kier alpha value is -2.46. The number of ketones is 1. The van der Waals surface area contributed by atoms with Gasteiger partial charge in [0.1, 0.15) is 0 Å². The van der Waals surface area contributed by atoms with E-state index in [2.05, 4.69) is 0 Å². The summed E-state index contributed by atoms with van der Waals surface area (Å²) in [7, 11) is 0. The van der Waals surface area contributed by atoms with Gasteiger partial charge in [-0.3, -0.25) is 4.79 Å². The number of aliphatic hydroxyl groups is 1. The molecule has 24 heavy (non-hydrogen) atoms. The van der Waals surface area contributed by atoms with Crippen LogP contribution < -0.4 is 0 Å². The van der Waals surface area contributed by atoms with Gasteiger partial charge in [0.25, 0.3) is 0 Å². The predicted octanol–water partition coefficient (Wildman–Crippen LogP) is 3.71. The van der Waals surface area contributed by atoms with Gasteiger partial charge in [-0.2, -0.15) is 0 Å². The van der Waals surface area contributed by atoms with Crippen molar-refractivity contribution in [3.63, 3.8) is 0 Å². The third-order valence-electron chi connectivity index (χ3n) is 3.99. The molecule has 2 rings (SSSR count). The van der Waals surface area contributed by atoms with Gasteiger partial charge in [0.2, 0.25) is 0 Å². The number of carbonyl (C=O) groups excluding carboxylic acids is 1. The quantitative estimate of drug-likeness (QED) is 0.725. The van der Waals surface area contributed by atoms with Crippen molar-refractivity contribution in [2.24, 2.45) is 0 Å². The Morgan fingerprint density at radius 3 is 2.38 bits per heavy atom. The zero-order chi connectivity index (χ0) is 17.5. The summed E-state index contributed by atoms with van der Waals surface area (Å²) in [6.45, 7) is 2.04. The Balaban J connectivity index is 2.42. The Morgan fingerprint density at radius 1 is 1.04 bits per heavy atom. The van der Waals surface area contributed by atoms with Gasteiger partial charge in [-0.1, -0.05) is 62.2 Å². The number of aliphatic hydroxyl groups excluding tert-OH is 1. The molecule has 126 valence electrons. The van der Waals surface area contributed by atoms with Crippen LogP contribution in [0.25, 0.3) is 0 Å². The molecule has 0 fully saturated rings. The number of rotatable bonds is 8. The lowest BCUT2D eigenvalue weighted by Gasteiger charge is -2.15. The molecular weight excluding hydrogens is 304 g/mol. The SMILES string of the molecule is CCCCC(O)Cc1cccc(C(=O)O)c1C(=O)c1ccccc1. The molecule has 1 unspecified atom stereocenters. The lowest BCUT2D eigenvalue weighted by molar-refractivity contribution is 0.0692. The zero-order valence-electron chi connectivity index (χ0n) is 13.7. The number of aromatic carboxylic acids is 1. The van der Waals surface area contributed by atoms with Crippen molar-refractivity contribution < 1.29 is 19.8 Å². The second kappa shape index (κ2) is 8.41. The van der Waals surface area contributed by atoms with Crippen LogP contribution in [-0.2, 0) is 6.42 Å². The summed E-state index contributed by atoms with van der Waals surface area (Å²) in [4.78, 5) is 24.4. The van der Waals surface area contributed by atoms with Crippen molar-refractivity contribution in [2.75, 3.05) is 0 Å². The summed E-state index contributed by atoms with van der Waals surface area (Å²) in [6.07, 6.45) is 2.18. The molecule has 0 aliphatic rings. The molecule has 0 aromatic heterocycles. The van der Waals surface area contributed by atoms with Crippen LogP contribution in [0.5, 0.6) is 0 Å². The fraction of sp³-hybridized carbons (Fsp3) is 0.300. The molecule has 0 aliphatic heterocycles. The molecule has 1 atom stereocenters. The number of benzene rings is 2. The van der Waals surface area contributed by atoms with Crippen molar-refractivity contribution in [3.05, 3.63) is 70.8 Å². The minimum Gasteiger partial charge on any atom is -0.478 e. The highest BCUT2D eigenvalue weighted by Gasteiger charge is 2.22. The van der Waals surface area contributed by atoms with Crippen molar-refractivity contribution >= 4 is 11.8 Å². The molecule has 2 aromatic carbocycles. The monoisotopic (exact) mass is 326 g/mol. The van der Waals surface area contributed by atoms with E-state index in [0.717, 1.165) is 12.8 Å². The van der Waals surface area contributed by atoms with E-state index in [1.165, 1.54) is 6.07 Å². The average Bonchev–Trinajstić information content (AvgIpc) is 2.59. The van der Waals surface area contributed by atoms with E-state index in [4.69, 9.17) is 0 Å². The maximum atomic E-state index is 12.8. The predicted molar refractivity (Wildman–Crippen MR) is 92.5 cm³/mol. The molecule has 0 heterocycles. The van der Waals surface area contributed by atoms with Crippen molar-refractivity contribution in [1.29, 1.82) is 0 Å². The lowest BCUT2D eigenvalue weighted by atomic mass is 9.90. The zero-order valence-corrected chi connectivity index (χ0v) is 13.7. The topological polar surface area (TPSA) is 74.6 Å². The molecule has 0 aliphatic carbocycles. The summed E-state index contributed by atoms with van der Waals surface area (Å²) in [5.74, 6) is -1.47. The number of unbranched alkanes of at least 4 members (excludes halogenated alkanes) is 1. The Morgan fingerprint density at radius 2 is 1.75 bits per heavy atom.